The third-order valence-electron chi connectivity index (χ3n) is 4.30. The smallest absolute Gasteiger partial charge is 0.240 e. The van der Waals surface area contributed by atoms with Crippen molar-refractivity contribution in [3.05, 3.63) is 47.1 Å². The number of nitrogens with zero attached hydrogens (tertiary/aromatic N) is 3. The maximum atomic E-state index is 9.80. The second-order valence-electron chi connectivity index (χ2n) is 5.83. The van der Waals surface area contributed by atoms with Crippen LogP contribution in [0.1, 0.15) is 48.6 Å². The van der Waals surface area contributed by atoms with Crippen molar-refractivity contribution in [2.24, 2.45) is 0 Å². The van der Waals surface area contributed by atoms with Crippen molar-refractivity contribution in [2.45, 2.75) is 45.2 Å². The van der Waals surface area contributed by atoms with Gasteiger partial charge >= 0.3 is 0 Å². The lowest BCUT2D eigenvalue weighted by molar-refractivity contribution is 0.0971. The Morgan fingerprint density at radius 2 is 2.23 bits per heavy atom. The van der Waals surface area contributed by atoms with Gasteiger partial charge in [0.15, 0.2) is 5.82 Å². The van der Waals surface area contributed by atoms with Crippen LogP contribution in [0.25, 0.3) is 0 Å². The number of hydrogen-bond donors (Lipinski definition) is 1. The Kier molecular flexibility index (Phi) is 4.85. The van der Waals surface area contributed by atoms with Crippen LogP contribution in [0.5, 0.6) is 0 Å². The van der Waals surface area contributed by atoms with E-state index in [1.165, 1.54) is 11.1 Å². The quantitative estimate of drug-likeness (QED) is 0.888. The molecule has 5 heteroatoms. The van der Waals surface area contributed by atoms with Crippen molar-refractivity contribution < 1.29 is 9.63 Å². The van der Waals surface area contributed by atoms with E-state index in [1.54, 1.807) is 0 Å². The highest BCUT2D eigenvalue weighted by Gasteiger charge is 2.27. The van der Waals surface area contributed by atoms with Gasteiger partial charge in [0.1, 0.15) is 0 Å². The number of hydrogen-bond acceptors (Lipinski definition) is 5. The lowest BCUT2D eigenvalue weighted by atomic mass is 9.93. The fraction of sp³-hybridized carbons (Fsp3) is 0.529. The van der Waals surface area contributed by atoms with Crippen LogP contribution in [-0.2, 0) is 19.4 Å². The zero-order chi connectivity index (χ0) is 15.4. The van der Waals surface area contributed by atoms with E-state index < -0.39 is 0 Å². The lowest BCUT2D eigenvalue weighted by Crippen LogP contribution is -2.36. The fourth-order valence-electron chi connectivity index (χ4n) is 3.07. The molecule has 0 aliphatic carbocycles. The summed E-state index contributed by atoms with van der Waals surface area (Å²) >= 11 is 0. The number of fused-ring (bicyclic) bond motifs is 1. The molecule has 5 nitrogen and oxygen atoms in total. The largest absolute Gasteiger partial charge is 0.394 e. The molecule has 0 amide bonds. The summed E-state index contributed by atoms with van der Waals surface area (Å²) in [6.45, 7) is 3.75. The number of aliphatic hydroxyl groups is 1. The van der Waals surface area contributed by atoms with Crippen molar-refractivity contribution in [1.29, 1.82) is 0 Å². The third-order valence-corrected chi connectivity index (χ3v) is 4.30. The Labute approximate surface area is 131 Å². The highest BCUT2D eigenvalue weighted by molar-refractivity contribution is 5.32. The van der Waals surface area contributed by atoms with Gasteiger partial charge in [-0.1, -0.05) is 42.8 Å². The molecule has 1 aromatic heterocycles. The molecule has 2 heterocycles. The number of rotatable bonds is 6. The number of aromatic nitrogens is 2. The predicted molar refractivity (Wildman–Crippen MR) is 83.3 cm³/mol. The van der Waals surface area contributed by atoms with Gasteiger partial charge < -0.3 is 9.63 Å². The molecule has 1 unspecified atom stereocenters. The first-order valence-corrected chi connectivity index (χ1v) is 8.06. The molecular weight excluding hydrogens is 278 g/mol. The van der Waals surface area contributed by atoms with Gasteiger partial charge in [-0.2, -0.15) is 4.98 Å². The molecule has 1 aliphatic rings. The van der Waals surface area contributed by atoms with Crippen LogP contribution in [0.3, 0.4) is 0 Å². The summed E-state index contributed by atoms with van der Waals surface area (Å²) in [6.07, 6.45) is 4.06. The number of aliphatic hydroxyl groups excluding tert-OH is 1. The molecule has 0 fully saturated rings. The Morgan fingerprint density at radius 1 is 1.36 bits per heavy atom. The Bertz CT molecular complexity index is 611. The van der Waals surface area contributed by atoms with Gasteiger partial charge in [-0.05, 0) is 24.0 Å². The van der Waals surface area contributed by atoms with Crippen LogP contribution in [0, 0.1) is 0 Å². The minimum Gasteiger partial charge on any atom is -0.394 e. The molecule has 118 valence electrons. The number of benzene rings is 1. The molecule has 0 radical (unpaired) electrons. The first-order valence-electron chi connectivity index (χ1n) is 8.06. The lowest BCUT2D eigenvalue weighted by Gasteiger charge is -2.35. The molecule has 1 atom stereocenters. The molecule has 1 aliphatic heterocycles. The zero-order valence-corrected chi connectivity index (χ0v) is 13.0. The number of aryl methyl sites for hydroxylation is 1. The monoisotopic (exact) mass is 301 g/mol. The minimum atomic E-state index is 0.0101. The SMILES string of the molecule is CCCCc1noc(CN2CCc3ccccc3C2CO)n1. The van der Waals surface area contributed by atoms with Crippen LogP contribution in [0.4, 0.5) is 0 Å². The molecule has 1 aromatic carbocycles. The van der Waals surface area contributed by atoms with E-state index in [0.717, 1.165) is 38.1 Å². The van der Waals surface area contributed by atoms with Crippen molar-refractivity contribution in [3.63, 3.8) is 0 Å². The molecule has 0 saturated carbocycles. The van der Waals surface area contributed by atoms with Crippen LogP contribution < -0.4 is 0 Å². The van der Waals surface area contributed by atoms with Crippen LogP contribution in [0.15, 0.2) is 28.8 Å². The summed E-state index contributed by atoms with van der Waals surface area (Å²) < 4.78 is 5.36. The van der Waals surface area contributed by atoms with Crippen molar-refractivity contribution >= 4 is 0 Å². The zero-order valence-electron chi connectivity index (χ0n) is 13.0. The highest BCUT2D eigenvalue weighted by Crippen LogP contribution is 2.30. The first kappa shape index (κ1) is 15.2. The van der Waals surface area contributed by atoms with Gasteiger partial charge in [-0.3, -0.25) is 4.90 Å². The average molecular weight is 301 g/mol. The maximum Gasteiger partial charge on any atom is 0.240 e. The van der Waals surface area contributed by atoms with E-state index in [2.05, 4.69) is 40.2 Å². The number of unbranched alkanes of at least 4 members (excludes halogenated alkanes) is 1. The predicted octanol–water partition coefficient (Wildman–Crippen LogP) is 2.50. The summed E-state index contributed by atoms with van der Waals surface area (Å²) in [5, 5.41) is 13.8. The molecule has 3 rings (SSSR count). The topological polar surface area (TPSA) is 62.4 Å². The Morgan fingerprint density at radius 3 is 3.05 bits per heavy atom. The summed E-state index contributed by atoms with van der Waals surface area (Å²) in [7, 11) is 0. The van der Waals surface area contributed by atoms with E-state index in [1.807, 2.05) is 6.07 Å². The van der Waals surface area contributed by atoms with Crippen LogP contribution in [-0.4, -0.2) is 33.3 Å². The molecular formula is C17H23N3O2. The summed E-state index contributed by atoms with van der Waals surface area (Å²) in [4.78, 5) is 6.69. The molecule has 22 heavy (non-hydrogen) atoms. The molecule has 1 N–H and O–H groups in total. The second-order valence-corrected chi connectivity index (χ2v) is 5.83. The van der Waals surface area contributed by atoms with Gasteiger partial charge in [0.25, 0.3) is 0 Å². The van der Waals surface area contributed by atoms with Gasteiger partial charge in [-0.15, -0.1) is 0 Å². The van der Waals surface area contributed by atoms with Gasteiger partial charge in [-0.25, -0.2) is 0 Å². The normalized spacial score (nSPS) is 18.4. The van der Waals surface area contributed by atoms with E-state index in [9.17, 15) is 5.11 Å². The van der Waals surface area contributed by atoms with Gasteiger partial charge in [0.2, 0.25) is 5.89 Å². The van der Waals surface area contributed by atoms with E-state index in [4.69, 9.17) is 4.52 Å². The summed E-state index contributed by atoms with van der Waals surface area (Å²) in [5.41, 5.74) is 2.54. The standard InChI is InChI=1S/C17H23N3O2/c1-2-3-8-16-18-17(22-19-16)11-20-10-9-13-6-4-5-7-14(13)15(20)12-21/h4-7,15,21H,2-3,8-12H2,1H3. The van der Waals surface area contributed by atoms with Crippen LogP contribution >= 0.6 is 0 Å². The van der Waals surface area contributed by atoms with Gasteiger partial charge in [0.05, 0.1) is 19.2 Å². The van der Waals surface area contributed by atoms with Crippen molar-refractivity contribution in [1.82, 2.24) is 15.0 Å². The van der Waals surface area contributed by atoms with E-state index in [-0.39, 0.29) is 12.6 Å². The maximum absolute atomic E-state index is 9.80. The van der Waals surface area contributed by atoms with Crippen molar-refractivity contribution in [3.8, 4) is 0 Å². The van der Waals surface area contributed by atoms with Crippen LogP contribution in [0.2, 0.25) is 0 Å². The second kappa shape index (κ2) is 7.03. The summed E-state index contributed by atoms with van der Waals surface area (Å²) in [6, 6.07) is 8.34. The summed E-state index contributed by atoms with van der Waals surface area (Å²) in [5.74, 6) is 1.43. The molecule has 0 spiro atoms. The Balaban J connectivity index is 1.71. The molecule has 0 bridgehead atoms. The fourth-order valence-corrected chi connectivity index (χ4v) is 3.07. The van der Waals surface area contributed by atoms with E-state index >= 15 is 0 Å². The van der Waals surface area contributed by atoms with Crippen molar-refractivity contribution in [2.75, 3.05) is 13.2 Å². The Hall–Kier alpha value is -1.72. The average Bonchev–Trinajstić information content (AvgIpc) is 3.00. The van der Waals surface area contributed by atoms with Gasteiger partial charge in [0, 0.05) is 13.0 Å². The third kappa shape index (κ3) is 3.20. The molecule has 2 aromatic rings. The minimum absolute atomic E-state index is 0.0101. The first-order chi connectivity index (χ1) is 10.8. The highest BCUT2D eigenvalue weighted by atomic mass is 16.5. The van der Waals surface area contributed by atoms with E-state index in [0.29, 0.717) is 12.4 Å². The molecule has 0 saturated heterocycles.